The van der Waals surface area contributed by atoms with Crippen molar-refractivity contribution in [1.29, 1.82) is 0 Å². The maximum Gasteiger partial charge on any atom is 0.338 e. The first-order chi connectivity index (χ1) is 15.0. The number of nitrogens with zero attached hydrogens (tertiary/aromatic N) is 2. The Labute approximate surface area is 182 Å². The maximum atomic E-state index is 13.0. The summed E-state index contributed by atoms with van der Waals surface area (Å²) >= 11 is 0. The minimum absolute atomic E-state index is 0.0403. The van der Waals surface area contributed by atoms with Crippen LogP contribution in [0.3, 0.4) is 0 Å². The van der Waals surface area contributed by atoms with E-state index in [1.54, 1.807) is 49.4 Å². The summed E-state index contributed by atoms with van der Waals surface area (Å²) in [4.78, 5) is 42.0. The number of nitrogens with one attached hydrogen (secondary N) is 1. The van der Waals surface area contributed by atoms with Gasteiger partial charge in [0.25, 0.3) is 11.8 Å². The minimum Gasteiger partial charge on any atom is -0.462 e. The average molecular weight is 421 g/mol. The number of benzene rings is 2. The molecule has 4 rings (SSSR count). The number of esters is 1. The number of carbonyl (C=O) groups is 3. The Hall–Kier alpha value is -3.35. The Morgan fingerprint density at radius 1 is 1.10 bits per heavy atom. The molecule has 2 aromatic carbocycles. The summed E-state index contributed by atoms with van der Waals surface area (Å²) in [6, 6.07) is 11.9. The predicted octanol–water partition coefficient (Wildman–Crippen LogP) is 3.91. The zero-order chi connectivity index (χ0) is 22.0. The van der Waals surface area contributed by atoms with Crippen molar-refractivity contribution >= 4 is 29.2 Å². The monoisotopic (exact) mass is 421 g/mol. The van der Waals surface area contributed by atoms with Crippen molar-refractivity contribution in [3.05, 3.63) is 59.2 Å². The Bertz CT molecular complexity index is 1020. The fourth-order valence-corrected chi connectivity index (χ4v) is 4.40. The highest BCUT2D eigenvalue weighted by Gasteiger charge is 2.38. The molecule has 7 heteroatoms. The molecule has 0 spiro atoms. The van der Waals surface area contributed by atoms with Gasteiger partial charge in [0, 0.05) is 24.3 Å². The van der Waals surface area contributed by atoms with Crippen molar-refractivity contribution in [2.45, 2.75) is 39.3 Å². The number of rotatable bonds is 5. The van der Waals surface area contributed by atoms with Crippen LogP contribution in [0.25, 0.3) is 0 Å². The van der Waals surface area contributed by atoms with Gasteiger partial charge in [-0.25, -0.2) is 4.79 Å². The number of fused-ring (bicyclic) bond motifs is 2. The second-order valence-electron chi connectivity index (χ2n) is 7.75. The molecule has 2 aliphatic heterocycles. The van der Waals surface area contributed by atoms with E-state index in [1.807, 2.05) is 4.90 Å². The lowest BCUT2D eigenvalue weighted by Crippen LogP contribution is -2.57. The lowest BCUT2D eigenvalue weighted by molar-refractivity contribution is 0.0525. The van der Waals surface area contributed by atoms with E-state index in [0.717, 1.165) is 38.0 Å². The van der Waals surface area contributed by atoms with Crippen LogP contribution in [0.5, 0.6) is 0 Å². The summed E-state index contributed by atoms with van der Waals surface area (Å²) < 4.78 is 5.02. The van der Waals surface area contributed by atoms with Gasteiger partial charge in [-0.15, -0.1) is 0 Å². The summed E-state index contributed by atoms with van der Waals surface area (Å²) in [5, 5.41) is 2.84. The number of ether oxygens (including phenoxy) is 1. The Morgan fingerprint density at radius 2 is 1.94 bits per heavy atom. The molecule has 1 unspecified atom stereocenters. The molecular formula is C24H27N3O4. The second-order valence-corrected chi connectivity index (χ2v) is 7.75. The molecule has 1 N–H and O–H groups in total. The van der Waals surface area contributed by atoms with E-state index in [0.29, 0.717) is 22.4 Å². The second kappa shape index (κ2) is 8.79. The predicted molar refractivity (Wildman–Crippen MR) is 118 cm³/mol. The number of hydrogen-bond acceptors (Lipinski definition) is 5. The van der Waals surface area contributed by atoms with Crippen molar-refractivity contribution < 1.29 is 19.1 Å². The molecule has 0 aromatic heterocycles. The van der Waals surface area contributed by atoms with Crippen LogP contribution in [0, 0.1) is 0 Å². The third-order valence-corrected chi connectivity index (χ3v) is 5.86. The van der Waals surface area contributed by atoms with E-state index in [2.05, 4.69) is 17.1 Å². The van der Waals surface area contributed by atoms with Gasteiger partial charge in [0.15, 0.2) is 0 Å². The topological polar surface area (TPSA) is 79.0 Å². The molecule has 2 amide bonds. The van der Waals surface area contributed by atoms with Gasteiger partial charge >= 0.3 is 5.97 Å². The maximum absolute atomic E-state index is 13.0. The van der Waals surface area contributed by atoms with Gasteiger partial charge in [0.05, 0.1) is 23.4 Å². The Kier molecular flexibility index (Phi) is 5.93. The van der Waals surface area contributed by atoms with Crippen molar-refractivity contribution in [3.8, 4) is 0 Å². The van der Waals surface area contributed by atoms with Crippen LogP contribution < -0.4 is 10.2 Å². The highest BCUT2D eigenvalue weighted by atomic mass is 16.5. The van der Waals surface area contributed by atoms with Gasteiger partial charge in [-0.05, 0) is 69.5 Å². The number of anilines is 2. The summed E-state index contributed by atoms with van der Waals surface area (Å²) in [6.45, 7) is 5.64. The zero-order valence-corrected chi connectivity index (χ0v) is 17.9. The summed E-state index contributed by atoms with van der Waals surface area (Å²) in [7, 11) is 0. The number of amides is 2. The van der Waals surface area contributed by atoms with Crippen LogP contribution in [0.15, 0.2) is 42.5 Å². The molecule has 0 aliphatic carbocycles. The van der Waals surface area contributed by atoms with E-state index in [4.69, 9.17) is 4.74 Å². The van der Waals surface area contributed by atoms with E-state index in [-0.39, 0.29) is 24.6 Å². The van der Waals surface area contributed by atoms with E-state index in [9.17, 15) is 14.4 Å². The van der Waals surface area contributed by atoms with Gasteiger partial charge in [-0.1, -0.05) is 6.07 Å². The highest BCUT2D eigenvalue weighted by Crippen LogP contribution is 2.35. The largest absolute Gasteiger partial charge is 0.462 e. The van der Waals surface area contributed by atoms with Gasteiger partial charge < -0.3 is 19.9 Å². The molecule has 2 aliphatic rings. The fourth-order valence-electron chi connectivity index (χ4n) is 4.40. The number of piperidine rings is 1. The molecule has 162 valence electrons. The Morgan fingerprint density at radius 3 is 2.71 bits per heavy atom. The third-order valence-electron chi connectivity index (χ3n) is 5.86. The molecule has 1 saturated heterocycles. The van der Waals surface area contributed by atoms with Crippen LogP contribution in [0.1, 0.15) is 64.2 Å². The van der Waals surface area contributed by atoms with Crippen LogP contribution in [0.2, 0.25) is 0 Å². The van der Waals surface area contributed by atoms with Crippen molar-refractivity contribution in [3.63, 3.8) is 0 Å². The van der Waals surface area contributed by atoms with Crippen LogP contribution in [-0.4, -0.2) is 48.5 Å². The van der Waals surface area contributed by atoms with Crippen molar-refractivity contribution in [1.82, 2.24) is 4.90 Å². The average Bonchev–Trinajstić information content (AvgIpc) is 2.79. The number of carbonyl (C=O) groups excluding carboxylic acids is 3. The minimum atomic E-state index is -0.429. The van der Waals surface area contributed by atoms with Gasteiger partial charge in [0.1, 0.15) is 6.17 Å². The van der Waals surface area contributed by atoms with Crippen molar-refractivity contribution in [2.24, 2.45) is 0 Å². The molecule has 1 fully saturated rings. The summed E-state index contributed by atoms with van der Waals surface area (Å²) in [5.74, 6) is -0.682. The van der Waals surface area contributed by atoms with Gasteiger partial charge in [0.2, 0.25) is 0 Å². The first-order valence-electron chi connectivity index (χ1n) is 10.8. The molecular weight excluding hydrogens is 394 g/mol. The van der Waals surface area contributed by atoms with E-state index < -0.39 is 5.97 Å². The lowest BCUT2D eigenvalue weighted by Gasteiger charge is -2.47. The van der Waals surface area contributed by atoms with Gasteiger partial charge in [-0.3, -0.25) is 9.59 Å². The van der Waals surface area contributed by atoms with E-state index in [1.165, 1.54) is 0 Å². The van der Waals surface area contributed by atoms with Crippen LogP contribution in [0.4, 0.5) is 11.4 Å². The van der Waals surface area contributed by atoms with E-state index >= 15 is 0 Å². The van der Waals surface area contributed by atoms with Gasteiger partial charge in [-0.2, -0.15) is 0 Å². The highest BCUT2D eigenvalue weighted by molar-refractivity contribution is 6.08. The molecule has 0 radical (unpaired) electrons. The molecule has 1 atom stereocenters. The standard InChI is InChI=1S/C24H27N3O4/c1-3-26-20-15-16(11-12-19(20)23(29)27-13-6-5-10-21(26)27)22(28)25-18-9-7-8-17(14-18)24(30)31-4-2/h7-9,11-12,14-15,21H,3-6,10,13H2,1-2H3,(H,25,28). The number of hydrogen-bond donors (Lipinski definition) is 1. The fraction of sp³-hybridized carbons (Fsp3) is 0.375. The third kappa shape index (κ3) is 4.00. The first kappa shape index (κ1) is 20.9. The van der Waals surface area contributed by atoms with Crippen molar-refractivity contribution in [2.75, 3.05) is 29.9 Å². The molecule has 2 aromatic rings. The molecule has 0 saturated carbocycles. The lowest BCUT2D eigenvalue weighted by atomic mass is 9.97. The molecule has 2 heterocycles. The first-order valence-corrected chi connectivity index (χ1v) is 10.8. The van der Waals surface area contributed by atoms with Crippen LogP contribution in [-0.2, 0) is 4.74 Å². The smallest absolute Gasteiger partial charge is 0.338 e. The normalized spacial score (nSPS) is 17.6. The Balaban J connectivity index is 1.59. The van der Waals surface area contributed by atoms with Crippen LogP contribution >= 0.6 is 0 Å². The summed E-state index contributed by atoms with van der Waals surface area (Å²) in [5.41, 5.74) is 2.81. The molecule has 7 nitrogen and oxygen atoms in total. The quantitative estimate of drug-likeness (QED) is 0.741. The zero-order valence-electron chi connectivity index (χ0n) is 17.9. The molecule has 31 heavy (non-hydrogen) atoms. The SMILES string of the molecule is CCOC(=O)c1cccc(NC(=O)c2ccc3c(c2)N(CC)C2CCCCN2C3=O)c1. The summed E-state index contributed by atoms with van der Waals surface area (Å²) in [6.07, 6.45) is 3.12. The molecule has 0 bridgehead atoms.